The zero-order valence-corrected chi connectivity index (χ0v) is 15.7. The van der Waals surface area contributed by atoms with Crippen LogP contribution >= 0.6 is 0 Å². The summed E-state index contributed by atoms with van der Waals surface area (Å²) in [6, 6.07) is 7.05. The number of rotatable bonds is 9. The van der Waals surface area contributed by atoms with Crippen molar-refractivity contribution in [1.82, 2.24) is 0 Å². The molecule has 4 nitrogen and oxygen atoms in total. The van der Waals surface area contributed by atoms with E-state index in [1.807, 2.05) is 0 Å². The van der Waals surface area contributed by atoms with Gasteiger partial charge in [0.25, 0.3) is 0 Å². The van der Waals surface area contributed by atoms with Gasteiger partial charge in [0.15, 0.2) is 0 Å². The van der Waals surface area contributed by atoms with Gasteiger partial charge in [0.05, 0.1) is 12.2 Å². The highest BCUT2D eigenvalue weighted by molar-refractivity contribution is 5.90. The molecule has 0 saturated heterocycles. The third-order valence-electron chi connectivity index (χ3n) is 4.62. The van der Waals surface area contributed by atoms with Crippen LogP contribution in [0.15, 0.2) is 30.3 Å². The summed E-state index contributed by atoms with van der Waals surface area (Å²) in [4.78, 5) is 23.8. The van der Waals surface area contributed by atoms with E-state index in [-0.39, 0.29) is 18.0 Å². The number of hydrogen-bond acceptors (Lipinski definition) is 4. The molecule has 1 saturated carbocycles. The second-order valence-corrected chi connectivity index (χ2v) is 6.85. The Morgan fingerprint density at radius 1 is 1.04 bits per heavy atom. The molecule has 0 heterocycles. The molecule has 1 fully saturated rings. The molecule has 1 aromatic rings. The lowest BCUT2D eigenvalue weighted by Crippen LogP contribution is -2.19. The molecule has 2 rings (SSSR count). The Balaban J connectivity index is 1.75. The first-order valence-electron chi connectivity index (χ1n) is 9.85. The third kappa shape index (κ3) is 7.42. The van der Waals surface area contributed by atoms with Gasteiger partial charge in [0.1, 0.15) is 6.10 Å². The minimum absolute atomic E-state index is 0.0652. The predicted octanol–water partition coefficient (Wildman–Crippen LogP) is 5.31. The van der Waals surface area contributed by atoms with Crippen molar-refractivity contribution in [2.45, 2.75) is 70.8 Å². The van der Waals surface area contributed by atoms with Crippen LogP contribution in [-0.2, 0) is 14.3 Å². The Labute approximate surface area is 156 Å². The fraction of sp³-hybridized carbons (Fsp3) is 0.545. The fourth-order valence-corrected chi connectivity index (χ4v) is 3.06. The highest BCUT2D eigenvalue weighted by atomic mass is 16.5. The Morgan fingerprint density at radius 3 is 2.46 bits per heavy atom. The van der Waals surface area contributed by atoms with Crippen LogP contribution in [-0.4, -0.2) is 24.6 Å². The molecule has 0 spiro atoms. The van der Waals surface area contributed by atoms with Crippen LogP contribution in [0.4, 0.5) is 0 Å². The van der Waals surface area contributed by atoms with Crippen LogP contribution in [0.2, 0.25) is 0 Å². The maximum Gasteiger partial charge on any atom is 0.338 e. The maximum absolute atomic E-state index is 12.0. The molecular weight excluding hydrogens is 328 g/mol. The van der Waals surface area contributed by atoms with E-state index in [2.05, 4.69) is 6.92 Å². The predicted molar refractivity (Wildman–Crippen MR) is 103 cm³/mol. The normalized spacial score (nSPS) is 15.1. The molecular formula is C22H30O4. The van der Waals surface area contributed by atoms with Crippen molar-refractivity contribution < 1.29 is 19.1 Å². The first-order chi connectivity index (χ1) is 12.7. The zero-order chi connectivity index (χ0) is 18.6. The molecule has 0 radical (unpaired) electrons. The van der Waals surface area contributed by atoms with Crippen molar-refractivity contribution in [3.8, 4) is 0 Å². The Hall–Kier alpha value is -2.10. The number of benzene rings is 1. The van der Waals surface area contributed by atoms with Crippen LogP contribution < -0.4 is 0 Å². The second kappa shape index (κ2) is 11.5. The topological polar surface area (TPSA) is 52.6 Å². The van der Waals surface area contributed by atoms with Gasteiger partial charge >= 0.3 is 11.9 Å². The monoisotopic (exact) mass is 358 g/mol. The molecule has 26 heavy (non-hydrogen) atoms. The van der Waals surface area contributed by atoms with Crippen molar-refractivity contribution in [1.29, 1.82) is 0 Å². The Morgan fingerprint density at radius 2 is 1.77 bits per heavy atom. The van der Waals surface area contributed by atoms with E-state index in [0.29, 0.717) is 12.2 Å². The molecule has 0 aliphatic heterocycles. The van der Waals surface area contributed by atoms with Crippen LogP contribution in [0.3, 0.4) is 0 Å². The first kappa shape index (κ1) is 20.2. The molecule has 1 aromatic carbocycles. The lowest BCUT2D eigenvalue weighted by molar-refractivity contribution is -0.144. The molecule has 0 N–H and O–H groups in total. The average Bonchev–Trinajstić information content (AvgIpc) is 2.67. The van der Waals surface area contributed by atoms with Crippen molar-refractivity contribution in [3.63, 3.8) is 0 Å². The average molecular weight is 358 g/mol. The van der Waals surface area contributed by atoms with E-state index < -0.39 is 0 Å². The van der Waals surface area contributed by atoms with Gasteiger partial charge in [-0.05, 0) is 55.9 Å². The minimum Gasteiger partial charge on any atom is -0.462 e. The van der Waals surface area contributed by atoms with Crippen molar-refractivity contribution >= 4 is 18.0 Å². The SMILES string of the molecule is CCCCCCOC(=O)c1ccc(/C=C/C(=O)OC2CCCCC2)cc1. The number of esters is 2. The number of carbonyl (C=O) groups excluding carboxylic acids is 2. The molecule has 142 valence electrons. The van der Waals surface area contributed by atoms with Crippen LogP contribution in [0, 0.1) is 0 Å². The van der Waals surface area contributed by atoms with Gasteiger partial charge in [0.2, 0.25) is 0 Å². The summed E-state index contributed by atoms with van der Waals surface area (Å²) in [5.41, 5.74) is 1.38. The first-order valence-corrected chi connectivity index (χ1v) is 9.85. The van der Waals surface area contributed by atoms with E-state index >= 15 is 0 Å². The maximum atomic E-state index is 12.0. The zero-order valence-electron chi connectivity index (χ0n) is 15.7. The Kier molecular flexibility index (Phi) is 8.94. The highest BCUT2D eigenvalue weighted by Gasteiger charge is 2.16. The molecule has 1 aliphatic rings. The quantitative estimate of drug-likeness (QED) is 0.341. The van der Waals surface area contributed by atoms with Gasteiger partial charge in [0, 0.05) is 6.08 Å². The number of carbonyl (C=O) groups is 2. The summed E-state index contributed by atoms with van der Waals surface area (Å²) in [7, 11) is 0. The van der Waals surface area contributed by atoms with Gasteiger partial charge in [-0.25, -0.2) is 9.59 Å². The molecule has 0 bridgehead atoms. The van der Waals surface area contributed by atoms with Crippen LogP contribution in [0.5, 0.6) is 0 Å². The highest BCUT2D eigenvalue weighted by Crippen LogP contribution is 2.20. The largest absolute Gasteiger partial charge is 0.462 e. The molecule has 1 aliphatic carbocycles. The third-order valence-corrected chi connectivity index (χ3v) is 4.62. The van der Waals surface area contributed by atoms with Gasteiger partial charge in [-0.3, -0.25) is 0 Å². The standard InChI is InChI=1S/C22H30O4/c1-2-3-4-8-17-25-22(24)19-14-11-18(12-15-19)13-16-21(23)26-20-9-6-5-7-10-20/h11-16,20H,2-10,17H2,1H3/b16-13+. The van der Waals surface area contributed by atoms with E-state index in [0.717, 1.165) is 50.5 Å². The molecule has 0 atom stereocenters. The minimum atomic E-state index is -0.299. The smallest absolute Gasteiger partial charge is 0.338 e. The second-order valence-electron chi connectivity index (χ2n) is 6.85. The van der Waals surface area contributed by atoms with Crippen molar-refractivity contribution in [3.05, 3.63) is 41.5 Å². The van der Waals surface area contributed by atoms with Gasteiger partial charge < -0.3 is 9.47 Å². The Bertz CT molecular complexity index is 583. The molecule has 0 amide bonds. The number of hydrogen-bond donors (Lipinski definition) is 0. The van der Waals surface area contributed by atoms with Gasteiger partial charge in [-0.2, -0.15) is 0 Å². The summed E-state index contributed by atoms with van der Waals surface area (Å²) >= 11 is 0. The molecule has 0 unspecified atom stereocenters. The summed E-state index contributed by atoms with van der Waals surface area (Å²) < 4.78 is 10.7. The van der Waals surface area contributed by atoms with E-state index in [1.165, 1.54) is 18.9 Å². The fourth-order valence-electron chi connectivity index (χ4n) is 3.06. The lowest BCUT2D eigenvalue weighted by Gasteiger charge is -2.20. The van der Waals surface area contributed by atoms with E-state index in [1.54, 1.807) is 30.3 Å². The van der Waals surface area contributed by atoms with E-state index in [9.17, 15) is 9.59 Å². The van der Waals surface area contributed by atoms with Gasteiger partial charge in [-0.15, -0.1) is 0 Å². The van der Waals surface area contributed by atoms with Crippen LogP contribution in [0.1, 0.15) is 80.6 Å². The van der Waals surface area contributed by atoms with Crippen molar-refractivity contribution in [2.24, 2.45) is 0 Å². The van der Waals surface area contributed by atoms with E-state index in [4.69, 9.17) is 9.47 Å². The summed E-state index contributed by atoms with van der Waals surface area (Å²) in [6.07, 6.45) is 13.0. The summed E-state index contributed by atoms with van der Waals surface area (Å²) in [6.45, 7) is 2.62. The summed E-state index contributed by atoms with van der Waals surface area (Å²) in [5.74, 6) is -0.596. The van der Waals surface area contributed by atoms with Gasteiger partial charge in [-0.1, -0.05) is 44.7 Å². The van der Waals surface area contributed by atoms with Crippen LogP contribution in [0.25, 0.3) is 6.08 Å². The lowest BCUT2D eigenvalue weighted by atomic mass is 9.98. The molecule has 0 aromatic heterocycles. The van der Waals surface area contributed by atoms with Crippen molar-refractivity contribution in [2.75, 3.05) is 6.61 Å². The number of ether oxygens (including phenoxy) is 2. The molecule has 4 heteroatoms. The summed E-state index contributed by atoms with van der Waals surface area (Å²) in [5, 5.41) is 0. The number of unbranched alkanes of at least 4 members (excludes halogenated alkanes) is 3.